The summed E-state index contributed by atoms with van der Waals surface area (Å²) in [6, 6.07) is 20.2. The second kappa shape index (κ2) is 9.93. The lowest BCUT2D eigenvalue weighted by Crippen LogP contribution is -2.25. The van der Waals surface area contributed by atoms with Gasteiger partial charge in [-0.25, -0.2) is 4.79 Å². The number of carbonyl (C=O) groups is 2. The van der Waals surface area contributed by atoms with Crippen LogP contribution in [0.5, 0.6) is 0 Å². The summed E-state index contributed by atoms with van der Waals surface area (Å²) in [5.41, 5.74) is 0.759. The molecule has 2 aromatic heterocycles. The van der Waals surface area contributed by atoms with E-state index in [9.17, 15) is 14.4 Å². The Labute approximate surface area is 214 Å². The molecule has 0 aliphatic rings. The van der Waals surface area contributed by atoms with E-state index in [1.165, 1.54) is 0 Å². The number of thiophene rings is 1. The van der Waals surface area contributed by atoms with Crippen molar-refractivity contribution >= 4 is 61.4 Å². The Morgan fingerprint density at radius 2 is 1.83 bits per heavy atom. The number of benzene rings is 3. The highest BCUT2D eigenvalue weighted by Crippen LogP contribution is 2.31. The molecular formula is C27H20ClN3O4S. The summed E-state index contributed by atoms with van der Waals surface area (Å²) in [7, 11) is 0. The number of halogens is 1. The van der Waals surface area contributed by atoms with Gasteiger partial charge in [0.05, 0.1) is 24.1 Å². The highest BCUT2D eigenvalue weighted by molar-refractivity contribution is 7.16. The van der Waals surface area contributed by atoms with Crippen molar-refractivity contribution < 1.29 is 14.3 Å². The molecule has 1 amide bonds. The van der Waals surface area contributed by atoms with Crippen LogP contribution in [0.15, 0.2) is 76.9 Å². The van der Waals surface area contributed by atoms with E-state index in [0.717, 1.165) is 32.4 Å². The molecular weight excluding hydrogens is 498 g/mol. The first-order valence-corrected chi connectivity index (χ1v) is 12.5. The normalized spacial score (nSPS) is 11.1. The van der Waals surface area contributed by atoms with Crippen LogP contribution in [-0.2, 0) is 16.0 Å². The molecule has 0 atom stereocenters. The molecule has 180 valence electrons. The van der Waals surface area contributed by atoms with Gasteiger partial charge >= 0.3 is 5.97 Å². The number of hydrogen-bond acceptors (Lipinski definition) is 6. The zero-order chi connectivity index (χ0) is 25.2. The molecule has 5 aromatic rings. The molecule has 0 spiro atoms. The summed E-state index contributed by atoms with van der Waals surface area (Å²) in [5.74, 6) is -0.942. The van der Waals surface area contributed by atoms with Crippen molar-refractivity contribution in [3.8, 4) is 5.69 Å². The van der Waals surface area contributed by atoms with Gasteiger partial charge in [0.2, 0.25) is 5.91 Å². The van der Waals surface area contributed by atoms with Crippen LogP contribution < -0.4 is 10.9 Å². The Kier molecular flexibility index (Phi) is 6.54. The summed E-state index contributed by atoms with van der Waals surface area (Å²) in [5, 5.41) is 12.1. The van der Waals surface area contributed by atoms with Gasteiger partial charge in [0, 0.05) is 15.8 Å². The fraction of sp³-hybridized carbons (Fsp3) is 0.111. The predicted octanol–water partition coefficient (Wildman–Crippen LogP) is 5.61. The monoisotopic (exact) mass is 517 g/mol. The Balaban J connectivity index is 1.58. The molecule has 0 radical (unpaired) electrons. The quantitative estimate of drug-likeness (QED) is 0.296. The van der Waals surface area contributed by atoms with Crippen molar-refractivity contribution in [2.45, 2.75) is 13.3 Å². The third-order valence-corrected chi connectivity index (χ3v) is 6.79. The smallest absolute Gasteiger partial charge is 0.359 e. The molecule has 1 N–H and O–H groups in total. The zero-order valence-electron chi connectivity index (χ0n) is 19.2. The standard InChI is InChI=1S/C27H20ClN3O4S/c1-2-35-27(34)24-21-15-36-25(23(21)26(33)31(30-24)19-11-6-10-18(28)14-19)29-22(32)13-17-9-5-8-16-7-3-4-12-20(16)17/h3-12,14-15H,2,13H2,1H3,(H,29,32). The molecule has 5 rings (SSSR count). The summed E-state index contributed by atoms with van der Waals surface area (Å²) < 4.78 is 6.28. The molecule has 3 aromatic carbocycles. The molecule has 0 saturated heterocycles. The first kappa shape index (κ1) is 23.7. The second-order valence-electron chi connectivity index (χ2n) is 7.98. The van der Waals surface area contributed by atoms with Gasteiger partial charge in [0.15, 0.2) is 5.69 Å². The van der Waals surface area contributed by atoms with Crippen molar-refractivity contribution in [2.75, 3.05) is 11.9 Å². The van der Waals surface area contributed by atoms with Gasteiger partial charge in [-0.1, -0.05) is 60.1 Å². The van der Waals surface area contributed by atoms with Gasteiger partial charge in [-0.3, -0.25) is 9.59 Å². The van der Waals surface area contributed by atoms with E-state index < -0.39 is 11.5 Å². The molecule has 0 saturated carbocycles. The van der Waals surface area contributed by atoms with Crippen molar-refractivity contribution in [3.63, 3.8) is 0 Å². The largest absolute Gasteiger partial charge is 0.461 e. The molecule has 7 nitrogen and oxygen atoms in total. The van der Waals surface area contributed by atoms with Crippen LogP contribution in [0.4, 0.5) is 5.00 Å². The van der Waals surface area contributed by atoms with Crippen LogP contribution in [0.25, 0.3) is 27.2 Å². The van der Waals surface area contributed by atoms with E-state index in [0.29, 0.717) is 21.1 Å². The first-order chi connectivity index (χ1) is 17.5. The van der Waals surface area contributed by atoms with Gasteiger partial charge in [-0.15, -0.1) is 11.3 Å². The Morgan fingerprint density at radius 3 is 2.64 bits per heavy atom. The van der Waals surface area contributed by atoms with Crippen molar-refractivity contribution in [1.82, 2.24) is 9.78 Å². The van der Waals surface area contributed by atoms with Crippen molar-refractivity contribution in [1.29, 1.82) is 0 Å². The maximum atomic E-state index is 13.5. The number of fused-ring (bicyclic) bond motifs is 2. The van der Waals surface area contributed by atoms with Crippen LogP contribution in [0.3, 0.4) is 0 Å². The SMILES string of the molecule is CCOC(=O)c1nn(-c2cccc(Cl)c2)c(=O)c2c(NC(=O)Cc3cccc4ccccc34)scc12. The Morgan fingerprint density at radius 1 is 1.06 bits per heavy atom. The minimum Gasteiger partial charge on any atom is -0.461 e. The lowest BCUT2D eigenvalue weighted by atomic mass is 10.0. The minimum absolute atomic E-state index is 0.0165. The topological polar surface area (TPSA) is 90.3 Å². The number of ether oxygens (including phenoxy) is 1. The van der Waals surface area contributed by atoms with E-state index >= 15 is 0 Å². The number of amides is 1. The van der Waals surface area contributed by atoms with Gasteiger partial charge < -0.3 is 10.1 Å². The van der Waals surface area contributed by atoms with Crippen LogP contribution >= 0.6 is 22.9 Å². The fourth-order valence-corrected chi connectivity index (χ4v) is 5.20. The highest BCUT2D eigenvalue weighted by atomic mass is 35.5. The number of hydrogen-bond donors (Lipinski definition) is 1. The van der Waals surface area contributed by atoms with Crippen LogP contribution in [-0.4, -0.2) is 28.3 Å². The van der Waals surface area contributed by atoms with Gasteiger partial charge in [-0.05, 0) is 41.5 Å². The van der Waals surface area contributed by atoms with E-state index in [1.54, 1.807) is 36.6 Å². The van der Waals surface area contributed by atoms with Crippen LogP contribution in [0.2, 0.25) is 5.02 Å². The van der Waals surface area contributed by atoms with Crippen molar-refractivity contribution in [3.05, 3.63) is 98.7 Å². The number of carbonyl (C=O) groups excluding carboxylic acids is 2. The number of nitrogens with one attached hydrogen (secondary N) is 1. The average molecular weight is 518 g/mol. The van der Waals surface area contributed by atoms with Gasteiger partial charge in [0.25, 0.3) is 5.56 Å². The van der Waals surface area contributed by atoms with E-state index in [1.807, 2.05) is 42.5 Å². The van der Waals surface area contributed by atoms with Crippen molar-refractivity contribution in [2.24, 2.45) is 0 Å². The predicted molar refractivity (Wildman–Crippen MR) is 142 cm³/mol. The first-order valence-electron chi connectivity index (χ1n) is 11.2. The summed E-state index contributed by atoms with van der Waals surface area (Å²) in [6.45, 7) is 1.84. The Hall–Kier alpha value is -4.01. The molecule has 0 aliphatic heterocycles. The minimum atomic E-state index is -0.662. The number of nitrogens with zero attached hydrogens (tertiary/aromatic N) is 2. The van der Waals surface area contributed by atoms with Gasteiger partial charge in [0.1, 0.15) is 5.00 Å². The molecule has 0 aliphatic carbocycles. The fourth-order valence-electron chi connectivity index (χ4n) is 4.07. The highest BCUT2D eigenvalue weighted by Gasteiger charge is 2.23. The lowest BCUT2D eigenvalue weighted by Gasteiger charge is -2.10. The molecule has 0 fully saturated rings. The van der Waals surface area contributed by atoms with E-state index in [-0.39, 0.29) is 30.0 Å². The number of aromatic nitrogens is 2. The summed E-state index contributed by atoms with van der Waals surface area (Å²) in [6.07, 6.45) is 0.124. The summed E-state index contributed by atoms with van der Waals surface area (Å²) >= 11 is 7.28. The molecule has 0 unspecified atom stereocenters. The van der Waals surface area contributed by atoms with E-state index in [4.69, 9.17) is 16.3 Å². The molecule has 36 heavy (non-hydrogen) atoms. The Bertz CT molecular complexity index is 1690. The third kappa shape index (κ3) is 4.48. The maximum Gasteiger partial charge on any atom is 0.359 e. The molecule has 9 heteroatoms. The number of esters is 1. The third-order valence-electron chi connectivity index (χ3n) is 5.66. The van der Waals surface area contributed by atoms with Gasteiger partial charge in [-0.2, -0.15) is 9.78 Å². The average Bonchev–Trinajstić information content (AvgIpc) is 3.28. The number of rotatable bonds is 6. The zero-order valence-corrected chi connectivity index (χ0v) is 20.7. The van der Waals surface area contributed by atoms with E-state index in [2.05, 4.69) is 10.4 Å². The molecule has 2 heterocycles. The second-order valence-corrected chi connectivity index (χ2v) is 9.30. The van der Waals surface area contributed by atoms with Crippen LogP contribution in [0.1, 0.15) is 23.0 Å². The summed E-state index contributed by atoms with van der Waals surface area (Å²) in [4.78, 5) is 39.3. The lowest BCUT2D eigenvalue weighted by molar-refractivity contribution is -0.115. The van der Waals surface area contributed by atoms with Crippen LogP contribution in [0, 0.1) is 0 Å². The molecule has 0 bridgehead atoms. The number of anilines is 1. The maximum absolute atomic E-state index is 13.5.